The molecule has 0 saturated heterocycles. The van der Waals surface area contributed by atoms with E-state index >= 15 is 0 Å². The van der Waals surface area contributed by atoms with Crippen LogP contribution >= 0.6 is 0 Å². The van der Waals surface area contributed by atoms with Gasteiger partial charge in [0.15, 0.2) is 0 Å². The molecule has 3 aliphatic carbocycles. The van der Waals surface area contributed by atoms with Crippen molar-refractivity contribution >= 4 is 0 Å². The van der Waals surface area contributed by atoms with Gasteiger partial charge in [0.05, 0.1) is 0 Å². The molecule has 0 spiro atoms. The number of hydrogen-bond acceptors (Lipinski definition) is 0. The highest BCUT2D eigenvalue weighted by Gasteiger charge is 2.34. The van der Waals surface area contributed by atoms with E-state index in [1.807, 2.05) is 0 Å². The molecule has 0 radical (unpaired) electrons. The first-order chi connectivity index (χ1) is 13.0. The average molecular weight is 363 g/mol. The van der Waals surface area contributed by atoms with Gasteiger partial charge < -0.3 is 0 Å². The molecule has 1 aromatic carbocycles. The zero-order valence-electron chi connectivity index (χ0n) is 17.9. The summed E-state index contributed by atoms with van der Waals surface area (Å²) >= 11 is 0. The average Bonchev–Trinajstić information content (AvgIpc) is 2.67. The summed E-state index contributed by atoms with van der Waals surface area (Å²) in [6.07, 6.45) is 16.0. The van der Waals surface area contributed by atoms with Gasteiger partial charge >= 0.3 is 0 Å². The van der Waals surface area contributed by atoms with Crippen LogP contribution in [0.5, 0.6) is 0 Å². The second-order valence-corrected chi connectivity index (χ2v) is 10.1. The molecular formula is C27H38. The maximum absolute atomic E-state index is 2.55. The summed E-state index contributed by atoms with van der Waals surface area (Å²) in [5, 5.41) is 0. The van der Waals surface area contributed by atoms with Gasteiger partial charge in [-0.25, -0.2) is 0 Å². The van der Waals surface area contributed by atoms with E-state index in [0.29, 0.717) is 5.92 Å². The molecule has 146 valence electrons. The normalized spacial score (nSPS) is 31.3. The van der Waals surface area contributed by atoms with Gasteiger partial charge in [-0.05, 0) is 80.2 Å². The largest absolute Gasteiger partial charge is 0.0668 e. The van der Waals surface area contributed by atoms with Crippen molar-refractivity contribution in [2.24, 2.45) is 23.7 Å². The van der Waals surface area contributed by atoms with E-state index in [2.05, 4.69) is 58.0 Å². The molecule has 0 aromatic heterocycles. The zero-order chi connectivity index (χ0) is 19.0. The molecule has 2 unspecified atom stereocenters. The van der Waals surface area contributed by atoms with Crippen molar-refractivity contribution in [3.63, 3.8) is 0 Å². The van der Waals surface area contributed by atoms with Crippen molar-refractivity contribution in [1.82, 2.24) is 0 Å². The predicted octanol–water partition coefficient (Wildman–Crippen LogP) is 7.77. The molecule has 1 aromatic rings. The predicted molar refractivity (Wildman–Crippen MR) is 117 cm³/mol. The van der Waals surface area contributed by atoms with Crippen LogP contribution in [0.1, 0.15) is 88.3 Å². The first kappa shape index (κ1) is 19.0. The van der Waals surface area contributed by atoms with Gasteiger partial charge in [0.2, 0.25) is 0 Å². The molecule has 0 heteroatoms. The van der Waals surface area contributed by atoms with Crippen molar-refractivity contribution < 1.29 is 0 Å². The van der Waals surface area contributed by atoms with Gasteiger partial charge in [-0.1, -0.05) is 80.7 Å². The number of benzene rings is 1. The molecule has 3 aliphatic rings. The van der Waals surface area contributed by atoms with E-state index < -0.39 is 0 Å². The lowest BCUT2D eigenvalue weighted by molar-refractivity contribution is 0.297. The van der Waals surface area contributed by atoms with Crippen LogP contribution in [0.25, 0.3) is 0 Å². The maximum Gasteiger partial charge on any atom is 0.00849 e. The Balaban J connectivity index is 1.61. The summed E-state index contributed by atoms with van der Waals surface area (Å²) in [5.74, 6) is 4.04. The molecule has 1 fully saturated rings. The Hall–Kier alpha value is -1.30. The number of allylic oxidation sites excluding steroid dienone is 4. The second-order valence-electron chi connectivity index (χ2n) is 10.1. The molecule has 0 amide bonds. The van der Waals surface area contributed by atoms with Crippen molar-refractivity contribution in [3.05, 3.63) is 58.2 Å². The Morgan fingerprint density at radius 3 is 2.22 bits per heavy atom. The van der Waals surface area contributed by atoms with E-state index in [1.165, 1.54) is 56.9 Å². The second kappa shape index (κ2) is 7.98. The third kappa shape index (κ3) is 3.96. The van der Waals surface area contributed by atoms with Crippen LogP contribution in [0.15, 0.2) is 41.5 Å². The van der Waals surface area contributed by atoms with Crippen LogP contribution in [0, 0.1) is 30.6 Å². The van der Waals surface area contributed by atoms with Crippen molar-refractivity contribution in [1.29, 1.82) is 0 Å². The highest BCUT2D eigenvalue weighted by Crippen LogP contribution is 2.47. The third-order valence-corrected chi connectivity index (χ3v) is 7.82. The monoisotopic (exact) mass is 362 g/mol. The van der Waals surface area contributed by atoms with E-state index in [1.54, 1.807) is 22.3 Å². The molecule has 0 nitrogen and oxygen atoms in total. The highest BCUT2D eigenvalue weighted by atomic mass is 14.4. The van der Waals surface area contributed by atoms with E-state index in [9.17, 15) is 0 Å². The first-order valence-electron chi connectivity index (χ1n) is 11.5. The minimum absolute atomic E-state index is 0.651. The van der Waals surface area contributed by atoms with Crippen LogP contribution in [-0.2, 0) is 6.42 Å². The number of hydrogen-bond donors (Lipinski definition) is 0. The number of aryl methyl sites for hydroxylation is 2. The van der Waals surface area contributed by atoms with Gasteiger partial charge in [-0.15, -0.1) is 0 Å². The Morgan fingerprint density at radius 2 is 1.56 bits per heavy atom. The van der Waals surface area contributed by atoms with Crippen LogP contribution in [0.4, 0.5) is 0 Å². The lowest BCUT2D eigenvalue weighted by Crippen LogP contribution is -2.27. The Morgan fingerprint density at radius 1 is 0.852 bits per heavy atom. The molecule has 0 N–H and O–H groups in total. The SMILES string of the molecule is Cc1ccc2c(c1)CCC(C(C)C)C2C1=CC=C(C2CCC(C)CC2)CC1. The van der Waals surface area contributed by atoms with E-state index in [-0.39, 0.29) is 0 Å². The summed E-state index contributed by atoms with van der Waals surface area (Å²) in [5.41, 5.74) is 8.15. The lowest BCUT2D eigenvalue weighted by atomic mass is 9.65. The van der Waals surface area contributed by atoms with Crippen LogP contribution in [0.3, 0.4) is 0 Å². The standard InChI is InChI=1S/C27H38/c1-18(2)25-16-14-24-17-20(4)7-15-26(24)27(25)23-12-10-22(11-13-23)21-8-5-19(3)6-9-21/h7,10,12,15,17-19,21,25,27H,5-6,8-9,11,13-14,16H2,1-4H3. The van der Waals surface area contributed by atoms with Crippen molar-refractivity contribution in [2.75, 3.05) is 0 Å². The van der Waals surface area contributed by atoms with Gasteiger partial charge in [-0.3, -0.25) is 0 Å². The molecule has 1 saturated carbocycles. The molecule has 27 heavy (non-hydrogen) atoms. The fraction of sp³-hybridized carbons (Fsp3) is 0.630. The topological polar surface area (TPSA) is 0 Å². The summed E-state index contributed by atoms with van der Waals surface area (Å²) in [4.78, 5) is 0. The van der Waals surface area contributed by atoms with Gasteiger partial charge in [-0.2, -0.15) is 0 Å². The fourth-order valence-electron chi connectivity index (χ4n) is 6.07. The molecule has 0 heterocycles. The fourth-order valence-corrected chi connectivity index (χ4v) is 6.07. The van der Waals surface area contributed by atoms with E-state index in [0.717, 1.165) is 23.7 Å². The van der Waals surface area contributed by atoms with Gasteiger partial charge in [0.25, 0.3) is 0 Å². The third-order valence-electron chi connectivity index (χ3n) is 7.82. The van der Waals surface area contributed by atoms with Crippen LogP contribution in [-0.4, -0.2) is 0 Å². The molecule has 2 atom stereocenters. The Kier molecular flexibility index (Phi) is 5.62. The van der Waals surface area contributed by atoms with Crippen molar-refractivity contribution in [2.45, 2.75) is 85.0 Å². The number of rotatable bonds is 3. The molecule has 0 aliphatic heterocycles. The summed E-state index contributed by atoms with van der Waals surface area (Å²) in [7, 11) is 0. The first-order valence-corrected chi connectivity index (χ1v) is 11.5. The molecular weight excluding hydrogens is 324 g/mol. The molecule has 4 rings (SSSR count). The molecule has 0 bridgehead atoms. The lowest BCUT2D eigenvalue weighted by Gasteiger charge is -2.39. The van der Waals surface area contributed by atoms with Crippen LogP contribution in [0.2, 0.25) is 0 Å². The zero-order valence-corrected chi connectivity index (χ0v) is 17.9. The quantitative estimate of drug-likeness (QED) is 0.515. The van der Waals surface area contributed by atoms with E-state index in [4.69, 9.17) is 0 Å². The van der Waals surface area contributed by atoms with Crippen molar-refractivity contribution in [3.8, 4) is 0 Å². The number of fused-ring (bicyclic) bond motifs is 1. The highest BCUT2D eigenvalue weighted by molar-refractivity contribution is 5.43. The smallest absolute Gasteiger partial charge is 0.00849 e. The summed E-state index contributed by atoms with van der Waals surface area (Å²) in [6.45, 7) is 9.54. The minimum atomic E-state index is 0.651. The maximum atomic E-state index is 2.55. The van der Waals surface area contributed by atoms with Gasteiger partial charge in [0.1, 0.15) is 0 Å². The minimum Gasteiger partial charge on any atom is -0.0668 e. The van der Waals surface area contributed by atoms with Crippen LogP contribution < -0.4 is 0 Å². The Labute approximate surface area is 167 Å². The van der Waals surface area contributed by atoms with Gasteiger partial charge in [0, 0.05) is 5.92 Å². The Bertz CT molecular complexity index is 724. The summed E-state index contributed by atoms with van der Waals surface area (Å²) < 4.78 is 0. The summed E-state index contributed by atoms with van der Waals surface area (Å²) in [6, 6.07) is 7.24.